The van der Waals surface area contributed by atoms with Crippen molar-refractivity contribution in [2.75, 3.05) is 0 Å². The van der Waals surface area contributed by atoms with Gasteiger partial charge in [0.05, 0.1) is 0 Å². The molecule has 4 fully saturated rings. The molecule has 4 bridgehead atoms. The predicted octanol–water partition coefficient (Wildman–Crippen LogP) is 11.8. The van der Waals surface area contributed by atoms with Crippen molar-refractivity contribution in [2.45, 2.75) is 104 Å². The van der Waals surface area contributed by atoms with E-state index in [0.717, 1.165) is 30.6 Å². The third kappa shape index (κ3) is 5.70. The van der Waals surface area contributed by atoms with Gasteiger partial charge >= 0.3 is 311 Å². The molecule has 0 N–H and O–H groups in total. The fraction of sp³-hybridized carbons (Fsp3) is 0.408. The first-order chi connectivity index (χ1) is 23.9. The normalized spacial score (nSPS) is 24.9. The van der Waals surface area contributed by atoms with Crippen LogP contribution >= 0.6 is 0 Å². The number of benzene rings is 4. The second-order valence-corrected chi connectivity index (χ2v) is 24.8. The molecule has 50 heavy (non-hydrogen) atoms. The molecule has 0 aliphatic heterocycles. The van der Waals surface area contributed by atoms with E-state index in [1.165, 1.54) is 77.5 Å². The third-order valence-corrected chi connectivity index (χ3v) is 20.7. The van der Waals surface area contributed by atoms with Crippen LogP contribution in [0, 0.1) is 23.2 Å². The standard InChI is InChI=1S/C21H25.C15H19.C13H10.Zr/c1-20(2,3)16-9-7-14-11-15-8-10-17(21(4,5)6)13-19(15)18(14)12-16;1-2-4-14(3-1)15-8-11-5-12(9-15)7-13(6-11)10-15;1-3-7-12(8-4-1)11-13-9-5-2-6-10-13;/h7,9-10,12-13H,11H2,1-6H3;3-4,11-13H,1,5-10H2;1-10H;. The molecular weight excluding hydrogens is 680 g/mol. The van der Waals surface area contributed by atoms with Crippen LogP contribution in [0.25, 0.3) is 11.1 Å². The minimum absolute atomic E-state index is 0.0642. The van der Waals surface area contributed by atoms with Crippen LogP contribution in [-0.2, 0) is 38.5 Å². The Morgan fingerprint density at radius 2 is 1.20 bits per heavy atom. The van der Waals surface area contributed by atoms with Gasteiger partial charge in [0.15, 0.2) is 0 Å². The van der Waals surface area contributed by atoms with Crippen molar-refractivity contribution in [3.05, 3.63) is 145 Å². The molecule has 4 saturated carbocycles. The molecule has 6 aliphatic rings. The molecule has 6 aliphatic carbocycles. The second-order valence-electron chi connectivity index (χ2n) is 18.8. The van der Waals surface area contributed by atoms with E-state index in [9.17, 15) is 0 Å². The molecule has 0 nitrogen and oxygen atoms in total. The number of allylic oxidation sites excluding steroid dienone is 4. The van der Waals surface area contributed by atoms with Crippen LogP contribution in [0.4, 0.5) is 0 Å². The zero-order chi connectivity index (χ0) is 34.4. The van der Waals surface area contributed by atoms with Gasteiger partial charge in [-0.1, -0.05) is 0 Å². The van der Waals surface area contributed by atoms with Crippen LogP contribution in [0.5, 0.6) is 0 Å². The van der Waals surface area contributed by atoms with Gasteiger partial charge in [-0.2, -0.15) is 0 Å². The van der Waals surface area contributed by atoms with Crippen LogP contribution < -0.4 is 3.27 Å². The van der Waals surface area contributed by atoms with Gasteiger partial charge < -0.3 is 0 Å². The molecule has 0 saturated heterocycles. The van der Waals surface area contributed by atoms with E-state index < -0.39 is 21.3 Å². The van der Waals surface area contributed by atoms with Crippen molar-refractivity contribution < 1.29 is 21.3 Å². The van der Waals surface area contributed by atoms with Crippen molar-refractivity contribution in [1.82, 2.24) is 0 Å². The summed E-state index contributed by atoms with van der Waals surface area (Å²) in [5.74, 6) is 2.91. The van der Waals surface area contributed by atoms with Crippen molar-refractivity contribution in [2.24, 2.45) is 23.2 Å². The number of rotatable bonds is 5. The third-order valence-electron chi connectivity index (χ3n) is 13.2. The predicted molar refractivity (Wildman–Crippen MR) is 209 cm³/mol. The average molecular weight is 734 g/mol. The van der Waals surface area contributed by atoms with Crippen molar-refractivity contribution in [1.29, 1.82) is 0 Å². The fourth-order valence-corrected chi connectivity index (χ4v) is 19.1. The molecule has 0 unspecified atom stereocenters. The van der Waals surface area contributed by atoms with Gasteiger partial charge in [-0.25, -0.2) is 0 Å². The summed E-state index contributed by atoms with van der Waals surface area (Å²) in [5.41, 5.74) is 14.3. The summed E-state index contributed by atoms with van der Waals surface area (Å²) in [7, 11) is 0. The Hall–Kier alpha value is -2.89. The summed E-state index contributed by atoms with van der Waals surface area (Å²) in [5, 5.41) is 0. The minimum atomic E-state index is -2.83. The maximum atomic E-state index is 2.84. The van der Waals surface area contributed by atoms with E-state index in [0.29, 0.717) is 5.41 Å². The molecule has 10 rings (SSSR count). The summed E-state index contributed by atoms with van der Waals surface area (Å²) in [6.07, 6.45) is 16.6. The van der Waals surface area contributed by atoms with E-state index in [1.54, 1.807) is 20.9 Å². The molecule has 0 heterocycles. The molecule has 0 radical (unpaired) electrons. The Labute approximate surface area is 309 Å². The van der Waals surface area contributed by atoms with Gasteiger partial charge in [0.2, 0.25) is 0 Å². The maximum absolute atomic E-state index is 2.84. The quantitative estimate of drug-likeness (QED) is 0.169. The van der Waals surface area contributed by atoms with Gasteiger partial charge in [-0.3, -0.25) is 0 Å². The van der Waals surface area contributed by atoms with Gasteiger partial charge in [-0.05, 0) is 0 Å². The van der Waals surface area contributed by atoms with E-state index in [2.05, 4.69) is 145 Å². The van der Waals surface area contributed by atoms with Gasteiger partial charge in [0.1, 0.15) is 0 Å². The van der Waals surface area contributed by atoms with Gasteiger partial charge in [0.25, 0.3) is 0 Å². The van der Waals surface area contributed by atoms with Gasteiger partial charge in [0, 0.05) is 0 Å². The van der Waals surface area contributed by atoms with Gasteiger partial charge in [-0.15, -0.1) is 0 Å². The first kappa shape index (κ1) is 33.0. The molecule has 0 amide bonds. The van der Waals surface area contributed by atoms with Crippen LogP contribution in [0.1, 0.15) is 120 Å². The molecule has 254 valence electrons. The molecule has 4 aromatic rings. The number of hydrogen-bond acceptors (Lipinski definition) is 0. The summed E-state index contributed by atoms with van der Waals surface area (Å²) in [6.45, 7) is 14.3. The summed E-state index contributed by atoms with van der Waals surface area (Å²) >= 11 is -2.83. The number of hydrogen-bond donors (Lipinski definition) is 0. The van der Waals surface area contributed by atoms with E-state index >= 15 is 0 Å². The first-order valence-electron chi connectivity index (χ1n) is 19.5. The molecule has 4 aromatic carbocycles. The van der Waals surface area contributed by atoms with Crippen LogP contribution in [0.3, 0.4) is 0 Å². The van der Waals surface area contributed by atoms with Crippen LogP contribution in [0.15, 0.2) is 112 Å². The molecule has 1 heteroatoms. The zero-order valence-electron chi connectivity index (χ0n) is 31.2. The summed E-state index contributed by atoms with van der Waals surface area (Å²) < 4.78 is 5.16. The molecule has 0 aromatic heterocycles. The Bertz CT molecular complexity index is 2000. The molecule has 0 atom stereocenters. The Balaban J connectivity index is 1.31. The van der Waals surface area contributed by atoms with Crippen LogP contribution in [0.2, 0.25) is 0 Å². The van der Waals surface area contributed by atoms with Crippen molar-refractivity contribution in [3.63, 3.8) is 0 Å². The SMILES string of the molecule is CC(C)(C)c1ccc2c(c1)-c1cc(C(C)(C)C)c[c]([Zr]([C]3=CC(C45CC6CC(CC(C6)C4)C5)=CC3)=[C](c3ccccc3)c3ccccc3)c1C2. The Morgan fingerprint density at radius 1 is 0.640 bits per heavy atom. The summed E-state index contributed by atoms with van der Waals surface area (Å²) in [6, 6.07) is 35.8. The van der Waals surface area contributed by atoms with E-state index in [1.807, 2.05) is 0 Å². The average Bonchev–Trinajstić information content (AvgIpc) is 3.72. The van der Waals surface area contributed by atoms with Crippen LogP contribution in [-0.4, -0.2) is 3.21 Å². The second kappa shape index (κ2) is 12.1. The van der Waals surface area contributed by atoms with E-state index in [4.69, 9.17) is 0 Å². The summed E-state index contributed by atoms with van der Waals surface area (Å²) in [4.78, 5) is 0. The monoisotopic (exact) mass is 732 g/mol. The van der Waals surface area contributed by atoms with Crippen molar-refractivity contribution in [3.8, 4) is 11.1 Å². The molecular formula is C49H54Zr. The zero-order valence-corrected chi connectivity index (χ0v) is 33.7. The number of fused-ring (bicyclic) bond motifs is 3. The Morgan fingerprint density at radius 3 is 1.76 bits per heavy atom. The van der Waals surface area contributed by atoms with E-state index in [-0.39, 0.29) is 10.8 Å². The topological polar surface area (TPSA) is 0 Å². The fourth-order valence-electron chi connectivity index (χ4n) is 11.1. The van der Waals surface area contributed by atoms with Crippen molar-refractivity contribution >= 4 is 6.48 Å². The Kier molecular flexibility index (Phi) is 7.97. The molecule has 0 spiro atoms. The first-order valence-corrected chi connectivity index (χ1v) is 23.2.